The van der Waals surface area contributed by atoms with Gasteiger partial charge in [0.05, 0.1) is 19.3 Å². The predicted molar refractivity (Wildman–Crippen MR) is 168 cm³/mol. The van der Waals surface area contributed by atoms with Gasteiger partial charge in [-0.2, -0.15) is 0 Å². The Labute approximate surface area is 295 Å². The molecule has 0 radical (unpaired) electrons. The molecule has 3 fully saturated rings. The maximum atomic E-state index is 11.1. The summed E-state index contributed by atoms with van der Waals surface area (Å²) in [7, 11) is 0. The standard InChI is InChI=1S/C33H42O19/c1-11-21(38)30(52-33-27(44)24(41)22(39)19(9-34)50-33)28(45)31(47-11)46-10-20-23(40)25(42)26(43)32(51-20)49-18-8-15-16(37)6-14(36)7-17(15)48-29(18)12-2-4-13(35)5-3-12/h2-7,11,19-28,30-45H,8-10H2,1H3/t11-,19+,20+,21-,22+,23-,24-,25-,26+,27+,28+,30+,31+,32+,33-/m0/s1. The second-order valence-corrected chi connectivity index (χ2v) is 13.0. The van der Waals surface area contributed by atoms with Gasteiger partial charge in [-0.05, 0) is 31.2 Å². The summed E-state index contributed by atoms with van der Waals surface area (Å²) in [6, 6.07) is 8.10. The topological polar surface area (TPSA) is 307 Å². The number of aromatic hydroxyl groups is 3. The van der Waals surface area contributed by atoms with Crippen LogP contribution in [0.25, 0.3) is 5.76 Å². The Morgan fingerprint density at radius 2 is 1.31 bits per heavy atom. The molecule has 0 aromatic heterocycles. The van der Waals surface area contributed by atoms with Crippen LogP contribution in [0.5, 0.6) is 23.0 Å². The van der Waals surface area contributed by atoms with Gasteiger partial charge in [0.25, 0.3) is 0 Å². The SMILES string of the molecule is C[C@@H]1O[C@@H](OC[C@H]2O[C@@H](OC3=C(c4ccc(O)cc4)Oc4cc(O)cc(O)c4C3)[C@H](O)[C@@H](O)[C@H]2O)[C@H](O)[C@H](O[C@@H]2O[C@H](CO)[C@@H](O)[C@H](O)[C@H]2O)[C@H]1O. The van der Waals surface area contributed by atoms with E-state index in [9.17, 15) is 61.3 Å². The molecule has 0 saturated carbocycles. The maximum absolute atomic E-state index is 11.1. The Morgan fingerprint density at radius 3 is 1.98 bits per heavy atom. The summed E-state index contributed by atoms with van der Waals surface area (Å²) < 4.78 is 40.0. The molecule has 52 heavy (non-hydrogen) atoms. The molecule has 4 heterocycles. The fraction of sp³-hybridized carbons (Fsp3) is 0.576. The molecular weight excluding hydrogens is 700 g/mol. The van der Waals surface area contributed by atoms with Crippen molar-refractivity contribution < 1.29 is 94.4 Å². The third-order valence-electron chi connectivity index (χ3n) is 9.38. The van der Waals surface area contributed by atoms with Gasteiger partial charge in [-0.25, -0.2) is 0 Å². The molecule has 4 aliphatic heterocycles. The van der Waals surface area contributed by atoms with E-state index in [4.69, 9.17) is 33.2 Å². The van der Waals surface area contributed by atoms with Gasteiger partial charge in [0.2, 0.25) is 6.29 Å². The van der Waals surface area contributed by atoms with Gasteiger partial charge in [-0.1, -0.05) is 0 Å². The Kier molecular flexibility index (Phi) is 11.5. The van der Waals surface area contributed by atoms with Gasteiger partial charge in [0.15, 0.2) is 18.3 Å². The predicted octanol–water partition coefficient (Wildman–Crippen LogP) is -3.40. The summed E-state index contributed by atoms with van der Waals surface area (Å²) in [5.74, 6) is -0.510. The van der Waals surface area contributed by atoms with Gasteiger partial charge < -0.3 is 94.4 Å². The number of phenolic OH excluding ortho intramolecular Hbond substituents is 3. The van der Waals surface area contributed by atoms with Crippen LogP contribution in [0.3, 0.4) is 0 Å². The molecule has 12 N–H and O–H groups in total. The first-order chi connectivity index (χ1) is 24.7. The van der Waals surface area contributed by atoms with E-state index in [2.05, 4.69) is 0 Å². The molecule has 0 bridgehead atoms. The molecule has 0 unspecified atom stereocenters. The van der Waals surface area contributed by atoms with E-state index in [0.717, 1.165) is 6.07 Å². The molecule has 6 rings (SSSR count). The molecule has 4 aliphatic rings. The number of phenols is 3. The summed E-state index contributed by atoms with van der Waals surface area (Å²) in [5, 5.41) is 125. The van der Waals surface area contributed by atoms with Crippen LogP contribution in [-0.2, 0) is 34.8 Å². The normalized spacial score (nSPS) is 39.5. The molecule has 19 heteroatoms. The molecule has 0 amide bonds. The summed E-state index contributed by atoms with van der Waals surface area (Å²) in [4.78, 5) is 0. The fourth-order valence-corrected chi connectivity index (χ4v) is 6.33. The van der Waals surface area contributed by atoms with Crippen molar-refractivity contribution in [1.82, 2.24) is 0 Å². The van der Waals surface area contributed by atoms with Crippen LogP contribution < -0.4 is 4.74 Å². The Balaban J connectivity index is 1.17. The Bertz CT molecular complexity index is 1570. The smallest absolute Gasteiger partial charge is 0.228 e. The number of benzene rings is 2. The third kappa shape index (κ3) is 7.52. The summed E-state index contributed by atoms with van der Waals surface area (Å²) in [6.07, 6.45) is -24.6. The molecule has 0 aliphatic carbocycles. The highest BCUT2D eigenvalue weighted by molar-refractivity contribution is 5.69. The molecule has 2 aromatic rings. The van der Waals surface area contributed by atoms with Crippen molar-refractivity contribution in [2.75, 3.05) is 13.2 Å². The first-order valence-electron chi connectivity index (χ1n) is 16.4. The number of allylic oxidation sites excluding steroid dienone is 1. The zero-order valence-corrected chi connectivity index (χ0v) is 27.5. The summed E-state index contributed by atoms with van der Waals surface area (Å²) in [5.41, 5.74) is 0.591. The summed E-state index contributed by atoms with van der Waals surface area (Å²) in [6.45, 7) is 0.0599. The van der Waals surface area contributed by atoms with Gasteiger partial charge >= 0.3 is 0 Å². The number of rotatable bonds is 9. The van der Waals surface area contributed by atoms with Crippen molar-refractivity contribution in [1.29, 1.82) is 0 Å². The lowest BCUT2D eigenvalue weighted by molar-refractivity contribution is -0.362. The van der Waals surface area contributed by atoms with Crippen LogP contribution in [0.2, 0.25) is 0 Å². The van der Waals surface area contributed by atoms with Crippen LogP contribution in [0, 0.1) is 0 Å². The van der Waals surface area contributed by atoms with E-state index in [1.165, 1.54) is 37.3 Å². The highest BCUT2D eigenvalue weighted by Gasteiger charge is 2.51. The Hall–Kier alpha value is -3.38. The highest BCUT2D eigenvalue weighted by atomic mass is 16.7. The highest BCUT2D eigenvalue weighted by Crippen LogP contribution is 2.43. The van der Waals surface area contributed by atoms with E-state index in [1.54, 1.807) is 0 Å². The van der Waals surface area contributed by atoms with E-state index < -0.39 is 105 Å². The molecule has 19 nitrogen and oxygen atoms in total. The number of ether oxygens (including phenoxy) is 7. The molecular formula is C33H42O19. The summed E-state index contributed by atoms with van der Waals surface area (Å²) >= 11 is 0. The van der Waals surface area contributed by atoms with E-state index >= 15 is 0 Å². The lowest BCUT2D eigenvalue weighted by Crippen LogP contribution is -2.64. The Morgan fingerprint density at radius 1 is 0.673 bits per heavy atom. The minimum absolute atomic E-state index is 0.00600. The van der Waals surface area contributed by atoms with Crippen LogP contribution in [-0.4, -0.2) is 167 Å². The number of fused-ring (bicyclic) bond motifs is 1. The van der Waals surface area contributed by atoms with Gasteiger partial charge in [-0.15, -0.1) is 0 Å². The zero-order valence-electron chi connectivity index (χ0n) is 27.5. The fourth-order valence-electron chi connectivity index (χ4n) is 6.33. The second kappa shape index (κ2) is 15.5. The molecule has 3 saturated heterocycles. The second-order valence-electron chi connectivity index (χ2n) is 13.0. The minimum Gasteiger partial charge on any atom is -0.508 e. The molecule has 15 atom stereocenters. The first kappa shape index (κ1) is 38.3. The van der Waals surface area contributed by atoms with Crippen molar-refractivity contribution in [2.45, 2.75) is 105 Å². The van der Waals surface area contributed by atoms with Crippen molar-refractivity contribution in [3.8, 4) is 23.0 Å². The average molecular weight is 743 g/mol. The molecule has 2 aromatic carbocycles. The van der Waals surface area contributed by atoms with Crippen molar-refractivity contribution in [2.24, 2.45) is 0 Å². The van der Waals surface area contributed by atoms with Crippen LogP contribution in [0.15, 0.2) is 42.2 Å². The van der Waals surface area contributed by atoms with Crippen LogP contribution in [0.1, 0.15) is 18.1 Å². The van der Waals surface area contributed by atoms with Crippen LogP contribution in [0.4, 0.5) is 0 Å². The zero-order chi connectivity index (χ0) is 37.6. The molecule has 288 valence electrons. The van der Waals surface area contributed by atoms with E-state index in [1.807, 2.05) is 0 Å². The monoisotopic (exact) mass is 742 g/mol. The third-order valence-corrected chi connectivity index (χ3v) is 9.38. The van der Waals surface area contributed by atoms with Crippen molar-refractivity contribution in [3.05, 3.63) is 53.3 Å². The maximum Gasteiger partial charge on any atom is 0.228 e. The van der Waals surface area contributed by atoms with Gasteiger partial charge in [0.1, 0.15) is 95.9 Å². The van der Waals surface area contributed by atoms with Crippen molar-refractivity contribution >= 4 is 5.76 Å². The van der Waals surface area contributed by atoms with Crippen molar-refractivity contribution in [3.63, 3.8) is 0 Å². The number of aliphatic hydroxyl groups excluding tert-OH is 9. The van der Waals surface area contributed by atoms with Crippen LogP contribution >= 0.6 is 0 Å². The first-order valence-corrected chi connectivity index (χ1v) is 16.4. The average Bonchev–Trinajstić information content (AvgIpc) is 3.12. The number of hydrogen-bond donors (Lipinski definition) is 12. The van der Waals surface area contributed by atoms with Gasteiger partial charge in [-0.3, -0.25) is 0 Å². The lowest BCUT2D eigenvalue weighted by atomic mass is 9.97. The number of hydrogen-bond acceptors (Lipinski definition) is 19. The van der Waals surface area contributed by atoms with E-state index in [0.29, 0.717) is 5.56 Å². The van der Waals surface area contributed by atoms with Gasteiger partial charge in [0, 0.05) is 29.7 Å². The lowest BCUT2D eigenvalue weighted by Gasteiger charge is -2.46. The number of aliphatic hydroxyl groups is 9. The minimum atomic E-state index is -1.85. The molecule has 0 spiro atoms. The largest absolute Gasteiger partial charge is 0.508 e. The van der Waals surface area contributed by atoms with E-state index in [-0.39, 0.29) is 46.5 Å². The quantitative estimate of drug-likeness (QED) is 0.119.